The van der Waals surface area contributed by atoms with Crippen LogP contribution in [0.4, 0.5) is 20.8 Å². The van der Waals surface area contributed by atoms with E-state index < -0.39 is 17.4 Å². The van der Waals surface area contributed by atoms with Gasteiger partial charge in [-0.2, -0.15) is 14.8 Å². The number of nitriles is 1. The van der Waals surface area contributed by atoms with Crippen molar-refractivity contribution in [1.29, 1.82) is 5.26 Å². The van der Waals surface area contributed by atoms with E-state index in [4.69, 9.17) is 10.2 Å². The average Bonchev–Trinajstić information content (AvgIpc) is 3.35. The fourth-order valence-corrected chi connectivity index (χ4v) is 6.13. The summed E-state index contributed by atoms with van der Waals surface area (Å²) in [5.41, 5.74) is 1.00. The van der Waals surface area contributed by atoms with Crippen molar-refractivity contribution in [3.05, 3.63) is 36.4 Å². The van der Waals surface area contributed by atoms with Crippen molar-refractivity contribution in [2.45, 2.75) is 83.3 Å². The summed E-state index contributed by atoms with van der Waals surface area (Å²) < 4.78 is 17.9. The number of fused-ring (bicyclic) bond motifs is 1. The molecule has 212 valence electrons. The maximum absolute atomic E-state index is 16.1. The number of piperidine rings is 1. The van der Waals surface area contributed by atoms with Gasteiger partial charge in [0, 0.05) is 43.3 Å². The Balaban J connectivity index is 1.44. The van der Waals surface area contributed by atoms with Gasteiger partial charge in [0.15, 0.2) is 17.5 Å². The van der Waals surface area contributed by atoms with Crippen molar-refractivity contribution in [3.8, 4) is 17.5 Å². The summed E-state index contributed by atoms with van der Waals surface area (Å²) in [5.74, 6) is 0.675. The molecule has 0 atom stereocenters. The summed E-state index contributed by atoms with van der Waals surface area (Å²) in [6.45, 7) is 6.64. The minimum absolute atomic E-state index is 0.0607. The van der Waals surface area contributed by atoms with Crippen LogP contribution in [0, 0.1) is 23.1 Å². The molecule has 1 amide bonds. The molecule has 3 aromatic rings. The number of pyridine rings is 1. The van der Waals surface area contributed by atoms with Gasteiger partial charge in [0.1, 0.15) is 0 Å². The molecule has 0 spiro atoms. The Morgan fingerprint density at radius 2 is 1.90 bits per heavy atom. The van der Waals surface area contributed by atoms with Crippen LogP contribution < -0.4 is 10.2 Å². The van der Waals surface area contributed by atoms with E-state index in [1.165, 1.54) is 4.90 Å². The standard InChI is InChI=1S/C29H37FN8O2/c1-29(2,3)38(28(39)40)21-12-16-36(17-13-21)27-24(30)26(33-20-9-7-19(8-10-20)11-14-31)34-25(35-27)22-18-32-37-15-5-4-6-23(22)37/h4-6,15,18-21H,7-13,16-17H2,1-3H3,(H,39,40)(H,33,34,35)/t19-,20-. The second kappa shape index (κ2) is 11.3. The van der Waals surface area contributed by atoms with E-state index in [2.05, 4.69) is 21.5 Å². The van der Waals surface area contributed by atoms with Crippen LogP contribution in [0.15, 0.2) is 30.6 Å². The van der Waals surface area contributed by atoms with Gasteiger partial charge >= 0.3 is 6.09 Å². The molecule has 0 bridgehead atoms. The molecule has 1 saturated carbocycles. The van der Waals surface area contributed by atoms with Gasteiger partial charge in [-0.15, -0.1) is 0 Å². The van der Waals surface area contributed by atoms with Gasteiger partial charge in [-0.05, 0) is 77.3 Å². The third kappa shape index (κ3) is 5.67. The fraction of sp³-hybridized carbons (Fsp3) is 0.552. The van der Waals surface area contributed by atoms with Gasteiger partial charge in [-0.1, -0.05) is 6.07 Å². The molecule has 4 heterocycles. The molecule has 40 heavy (non-hydrogen) atoms. The summed E-state index contributed by atoms with van der Waals surface area (Å²) in [4.78, 5) is 24.8. The minimum Gasteiger partial charge on any atom is -0.465 e. The number of nitrogens with one attached hydrogen (secondary N) is 1. The number of rotatable bonds is 6. The van der Waals surface area contributed by atoms with E-state index in [0.717, 1.165) is 31.2 Å². The smallest absolute Gasteiger partial charge is 0.407 e. The van der Waals surface area contributed by atoms with Crippen molar-refractivity contribution in [1.82, 2.24) is 24.5 Å². The van der Waals surface area contributed by atoms with Crippen LogP contribution in [0.5, 0.6) is 0 Å². The van der Waals surface area contributed by atoms with Crippen molar-refractivity contribution in [3.63, 3.8) is 0 Å². The maximum Gasteiger partial charge on any atom is 0.407 e. The number of amides is 1. The van der Waals surface area contributed by atoms with Gasteiger partial charge in [0.25, 0.3) is 0 Å². The predicted octanol–water partition coefficient (Wildman–Crippen LogP) is 5.56. The molecular weight excluding hydrogens is 511 g/mol. The number of anilines is 2. The average molecular weight is 549 g/mol. The Morgan fingerprint density at radius 3 is 2.55 bits per heavy atom. The first-order valence-electron chi connectivity index (χ1n) is 14.1. The summed E-state index contributed by atoms with van der Waals surface area (Å²) in [5, 5.41) is 26.7. The van der Waals surface area contributed by atoms with Gasteiger partial charge in [0.05, 0.1) is 23.3 Å². The lowest BCUT2D eigenvalue weighted by molar-refractivity contribution is 0.0615. The number of carboxylic acid groups (broad SMARTS) is 1. The number of hydrogen-bond acceptors (Lipinski definition) is 7. The van der Waals surface area contributed by atoms with Crippen LogP contribution in [-0.4, -0.2) is 66.4 Å². The molecule has 0 unspecified atom stereocenters. The Hall–Kier alpha value is -3.94. The largest absolute Gasteiger partial charge is 0.465 e. The Bertz CT molecular complexity index is 1400. The first-order chi connectivity index (χ1) is 19.2. The molecule has 1 aliphatic heterocycles. The second-order valence-corrected chi connectivity index (χ2v) is 11.9. The zero-order chi connectivity index (χ0) is 28.4. The van der Waals surface area contributed by atoms with Gasteiger partial charge in [-0.3, -0.25) is 0 Å². The van der Waals surface area contributed by atoms with E-state index in [0.29, 0.717) is 49.7 Å². The van der Waals surface area contributed by atoms with Crippen molar-refractivity contribution < 1.29 is 14.3 Å². The van der Waals surface area contributed by atoms with Gasteiger partial charge in [0.2, 0.25) is 5.82 Å². The zero-order valence-corrected chi connectivity index (χ0v) is 23.3. The second-order valence-electron chi connectivity index (χ2n) is 11.9. The molecule has 10 nitrogen and oxygen atoms in total. The van der Waals surface area contributed by atoms with E-state index in [-0.39, 0.29) is 23.7 Å². The number of nitrogens with zero attached hydrogens (tertiary/aromatic N) is 7. The highest BCUT2D eigenvalue weighted by atomic mass is 19.1. The normalized spacial score (nSPS) is 20.3. The molecule has 1 saturated heterocycles. The van der Waals surface area contributed by atoms with Crippen molar-refractivity contribution in [2.75, 3.05) is 23.3 Å². The number of hydrogen-bond donors (Lipinski definition) is 2. The molecule has 2 aliphatic rings. The Morgan fingerprint density at radius 1 is 1.18 bits per heavy atom. The van der Waals surface area contributed by atoms with Crippen LogP contribution in [0.25, 0.3) is 16.9 Å². The summed E-state index contributed by atoms with van der Waals surface area (Å²) in [6, 6.07) is 7.90. The van der Waals surface area contributed by atoms with Crippen LogP contribution in [0.3, 0.4) is 0 Å². The molecule has 1 aliphatic carbocycles. The first-order valence-corrected chi connectivity index (χ1v) is 14.1. The zero-order valence-electron chi connectivity index (χ0n) is 23.3. The van der Waals surface area contributed by atoms with E-state index in [1.807, 2.05) is 50.1 Å². The molecule has 11 heteroatoms. The van der Waals surface area contributed by atoms with Gasteiger partial charge in [-0.25, -0.2) is 19.3 Å². The Labute approximate surface area is 233 Å². The molecule has 0 radical (unpaired) electrons. The van der Waals surface area contributed by atoms with E-state index in [9.17, 15) is 9.90 Å². The quantitative estimate of drug-likeness (QED) is 0.410. The van der Waals surface area contributed by atoms with Crippen LogP contribution in [0.2, 0.25) is 0 Å². The first kappa shape index (κ1) is 27.6. The SMILES string of the molecule is CC(C)(C)N(C(=O)O)C1CCN(c2nc(-c3cnn4ccccc34)nc(N[C@H]3CC[C@H](CC#N)CC3)c2F)CC1. The molecule has 2 N–H and O–H groups in total. The maximum atomic E-state index is 16.1. The molecule has 5 rings (SSSR count). The monoisotopic (exact) mass is 548 g/mol. The van der Waals surface area contributed by atoms with Gasteiger partial charge < -0.3 is 20.2 Å². The molecule has 3 aromatic heterocycles. The third-order valence-electron chi connectivity index (χ3n) is 8.13. The third-order valence-corrected chi connectivity index (χ3v) is 8.13. The summed E-state index contributed by atoms with van der Waals surface area (Å²) in [6.07, 6.45) is 7.85. The lowest BCUT2D eigenvalue weighted by atomic mass is 9.84. The predicted molar refractivity (Wildman–Crippen MR) is 151 cm³/mol. The van der Waals surface area contributed by atoms with Crippen molar-refractivity contribution in [2.24, 2.45) is 5.92 Å². The highest BCUT2D eigenvalue weighted by Crippen LogP contribution is 2.34. The molecular formula is C29H37FN8O2. The molecule has 2 fully saturated rings. The van der Waals surface area contributed by atoms with Crippen LogP contribution >= 0.6 is 0 Å². The lowest BCUT2D eigenvalue weighted by Crippen LogP contribution is -2.54. The topological polar surface area (TPSA) is 123 Å². The lowest BCUT2D eigenvalue weighted by Gasteiger charge is -2.43. The number of aromatic nitrogens is 4. The highest BCUT2D eigenvalue weighted by molar-refractivity contribution is 5.77. The Kier molecular flexibility index (Phi) is 7.79. The van der Waals surface area contributed by atoms with E-state index >= 15 is 4.39 Å². The van der Waals surface area contributed by atoms with E-state index in [1.54, 1.807) is 10.7 Å². The summed E-state index contributed by atoms with van der Waals surface area (Å²) >= 11 is 0. The van der Waals surface area contributed by atoms with Crippen molar-refractivity contribution >= 4 is 23.2 Å². The number of carbonyl (C=O) groups is 1. The fourth-order valence-electron chi connectivity index (χ4n) is 6.13. The highest BCUT2D eigenvalue weighted by Gasteiger charge is 2.36. The van der Waals surface area contributed by atoms with Crippen LogP contribution in [0.1, 0.15) is 65.7 Å². The number of halogens is 1. The molecule has 0 aromatic carbocycles. The minimum atomic E-state index is -0.939. The van der Waals surface area contributed by atoms with Crippen LogP contribution in [-0.2, 0) is 0 Å². The summed E-state index contributed by atoms with van der Waals surface area (Å²) in [7, 11) is 0.